The molecule has 1 amide bonds. The Labute approximate surface area is 171 Å². The van der Waals surface area contributed by atoms with Crippen molar-refractivity contribution >= 4 is 61.3 Å². The van der Waals surface area contributed by atoms with Gasteiger partial charge in [0.15, 0.2) is 14.2 Å². The molecule has 1 aromatic heterocycles. The Kier molecular flexibility index (Phi) is 6.29. The molecule has 0 saturated carbocycles. The molecule has 1 aromatic carbocycles. The zero-order chi connectivity index (χ0) is 19.6. The molecule has 1 aliphatic heterocycles. The highest BCUT2D eigenvalue weighted by Crippen LogP contribution is 2.31. The van der Waals surface area contributed by atoms with Gasteiger partial charge in [0.25, 0.3) is 0 Å². The molecular weight excluding hydrogens is 428 g/mol. The van der Waals surface area contributed by atoms with Crippen LogP contribution in [0.4, 0.5) is 10.8 Å². The van der Waals surface area contributed by atoms with E-state index in [9.17, 15) is 13.2 Å². The van der Waals surface area contributed by atoms with Gasteiger partial charge >= 0.3 is 0 Å². The highest BCUT2D eigenvalue weighted by atomic mass is 35.5. The molecule has 2 N–H and O–H groups in total. The molecule has 0 radical (unpaired) electrons. The number of carbonyl (C=O) groups is 1. The van der Waals surface area contributed by atoms with E-state index in [0.29, 0.717) is 20.9 Å². The number of amides is 1. The van der Waals surface area contributed by atoms with E-state index in [1.807, 2.05) is 25.1 Å². The number of hydrogen-bond acceptors (Lipinski definition) is 8. The second-order valence-electron chi connectivity index (χ2n) is 6.33. The van der Waals surface area contributed by atoms with Crippen LogP contribution in [0.3, 0.4) is 0 Å². The molecule has 27 heavy (non-hydrogen) atoms. The van der Waals surface area contributed by atoms with Crippen molar-refractivity contribution in [2.45, 2.75) is 35.9 Å². The fourth-order valence-corrected chi connectivity index (χ4v) is 6.31. The molecule has 1 fully saturated rings. The fraction of sp³-hybridized carbons (Fsp3) is 0.438. The number of benzene rings is 1. The Balaban J connectivity index is 1.55. The van der Waals surface area contributed by atoms with Gasteiger partial charge in [-0.2, -0.15) is 0 Å². The maximum atomic E-state index is 12.3. The van der Waals surface area contributed by atoms with Gasteiger partial charge in [-0.25, -0.2) is 8.42 Å². The summed E-state index contributed by atoms with van der Waals surface area (Å²) >= 11 is 8.74. The number of rotatable bonds is 6. The van der Waals surface area contributed by atoms with Crippen molar-refractivity contribution in [3.8, 4) is 0 Å². The van der Waals surface area contributed by atoms with Crippen LogP contribution >= 0.6 is 34.7 Å². The molecule has 7 nitrogen and oxygen atoms in total. The number of anilines is 2. The van der Waals surface area contributed by atoms with Gasteiger partial charge in [-0.15, -0.1) is 10.2 Å². The van der Waals surface area contributed by atoms with Gasteiger partial charge in [0, 0.05) is 16.8 Å². The van der Waals surface area contributed by atoms with Crippen molar-refractivity contribution in [1.29, 1.82) is 0 Å². The first-order valence-electron chi connectivity index (χ1n) is 8.26. The Morgan fingerprint density at radius 1 is 1.41 bits per heavy atom. The van der Waals surface area contributed by atoms with E-state index >= 15 is 0 Å². The van der Waals surface area contributed by atoms with Crippen LogP contribution in [0, 0.1) is 6.92 Å². The molecule has 1 saturated heterocycles. The number of nitrogens with zero attached hydrogens (tertiary/aromatic N) is 2. The minimum absolute atomic E-state index is 0.0160. The molecule has 0 bridgehead atoms. The number of hydrogen-bond donors (Lipinski definition) is 2. The van der Waals surface area contributed by atoms with Crippen LogP contribution < -0.4 is 10.6 Å². The van der Waals surface area contributed by atoms with E-state index in [0.717, 1.165) is 11.3 Å². The zero-order valence-corrected chi connectivity index (χ0v) is 17.9. The molecule has 3 rings (SSSR count). The topological polar surface area (TPSA) is 101 Å². The number of halogens is 1. The minimum atomic E-state index is -3.02. The van der Waals surface area contributed by atoms with E-state index in [4.69, 9.17) is 11.6 Å². The molecule has 0 aliphatic carbocycles. The predicted molar refractivity (Wildman–Crippen MR) is 110 cm³/mol. The lowest BCUT2D eigenvalue weighted by Gasteiger charge is -2.14. The Morgan fingerprint density at radius 2 is 2.19 bits per heavy atom. The third-order valence-corrected chi connectivity index (χ3v) is 8.25. The van der Waals surface area contributed by atoms with Crippen molar-refractivity contribution in [2.75, 3.05) is 16.8 Å². The molecule has 2 aromatic rings. The quantitative estimate of drug-likeness (QED) is 0.657. The Morgan fingerprint density at radius 3 is 2.85 bits per heavy atom. The number of sulfone groups is 1. The summed E-state index contributed by atoms with van der Waals surface area (Å²) in [5, 5.41) is 15.0. The van der Waals surface area contributed by atoms with Crippen LogP contribution in [0.15, 0.2) is 22.5 Å². The second kappa shape index (κ2) is 8.34. The van der Waals surface area contributed by atoms with Gasteiger partial charge in [-0.1, -0.05) is 40.8 Å². The summed E-state index contributed by atoms with van der Waals surface area (Å²) in [7, 11) is -3.02. The first kappa shape index (κ1) is 20.4. The first-order chi connectivity index (χ1) is 12.7. The number of nitrogens with one attached hydrogen (secondary N) is 2. The van der Waals surface area contributed by atoms with Crippen LogP contribution in [-0.4, -0.2) is 47.3 Å². The summed E-state index contributed by atoms with van der Waals surface area (Å²) in [6.45, 7) is 3.69. The van der Waals surface area contributed by atoms with E-state index < -0.39 is 15.1 Å². The van der Waals surface area contributed by atoms with Gasteiger partial charge in [0.2, 0.25) is 11.0 Å². The maximum Gasteiger partial charge on any atom is 0.233 e. The van der Waals surface area contributed by atoms with Crippen LogP contribution in [0.5, 0.6) is 0 Å². The molecular formula is C16H19ClN4O3S3. The number of aryl methyl sites for hydroxylation is 1. The van der Waals surface area contributed by atoms with Crippen LogP contribution in [-0.2, 0) is 14.6 Å². The van der Waals surface area contributed by atoms with E-state index in [-0.39, 0.29) is 23.5 Å². The second-order valence-corrected chi connectivity index (χ2v) is 11.5. The summed E-state index contributed by atoms with van der Waals surface area (Å²) in [4.78, 5) is 12.3. The molecule has 1 aliphatic rings. The lowest BCUT2D eigenvalue weighted by molar-refractivity contribution is -0.120. The summed E-state index contributed by atoms with van der Waals surface area (Å²) in [5.41, 5.74) is 1.80. The summed E-state index contributed by atoms with van der Waals surface area (Å²) in [6, 6.07) is 5.33. The number of carbonyl (C=O) groups excluding carboxylic acids is 1. The lowest BCUT2D eigenvalue weighted by Crippen LogP contribution is -2.39. The highest BCUT2D eigenvalue weighted by molar-refractivity contribution is 8.02. The van der Waals surface area contributed by atoms with Crippen LogP contribution in [0.1, 0.15) is 18.9 Å². The molecule has 11 heteroatoms. The summed E-state index contributed by atoms with van der Waals surface area (Å²) in [6.07, 6.45) is 0.470. The van der Waals surface area contributed by atoms with Crippen molar-refractivity contribution in [3.63, 3.8) is 0 Å². The van der Waals surface area contributed by atoms with Crippen molar-refractivity contribution in [1.82, 2.24) is 15.5 Å². The van der Waals surface area contributed by atoms with Gasteiger partial charge < -0.3 is 10.6 Å². The van der Waals surface area contributed by atoms with Crippen molar-refractivity contribution in [3.05, 3.63) is 28.8 Å². The Hall–Kier alpha value is -1.36. The zero-order valence-electron chi connectivity index (χ0n) is 14.7. The lowest BCUT2D eigenvalue weighted by atomic mass is 10.2. The molecule has 0 unspecified atom stereocenters. The van der Waals surface area contributed by atoms with E-state index in [2.05, 4.69) is 20.8 Å². The molecule has 146 valence electrons. The monoisotopic (exact) mass is 446 g/mol. The average Bonchev–Trinajstić information content (AvgIpc) is 3.16. The summed E-state index contributed by atoms with van der Waals surface area (Å²) in [5.74, 6) is -0.0483. The number of aromatic nitrogens is 2. The normalized spacial score (nSPS) is 19.6. The standard InChI is InChI=1S/C16H19ClN4O3S3/c1-9-3-4-11(7-13(9)17)19-15-20-21-16(26-15)25-10(2)14(22)18-12-5-6-27(23,24)8-12/h3-4,7,10,12H,5-6,8H2,1-2H3,(H,18,22)(H,19,20)/t10-,12+/m0/s1. The van der Waals surface area contributed by atoms with Crippen LogP contribution in [0.2, 0.25) is 5.02 Å². The van der Waals surface area contributed by atoms with Gasteiger partial charge in [0.1, 0.15) is 0 Å². The van der Waals surface area contributed by atoms with Gasteiger partial charge in [-0.3, -0.25) is 4.79 Å². The third-order valence-electron chi connectivity index (χ3n) is 4.06. The number of thioether (sulfide) groups is 1. The minimum Gasteiger partial charge on any atom is -0.351 e. The third kappa shape index (κ3) is 5.56. The van der Waals surface area contributed by atoms with Crippen molar-refractivity contribution in [2.24, 2.45) is 0 Å². The van der Waals surface area contributed by atoms with Gasteiger partial charge in [0.05, 0.1) is 16.8 Å². The van der Waals surface area contributed by atoms with E-state index in [1.165, 1.54) is 23.1 Å². The Bertz CT molecular complexity index is 948. The maximum absolute atomic E-state index is 12.3. The predicted octanol–water partition coefficient (Wildman–Crippen LogP) is 3.03. The van der Waals surface area contributed by atoms with E-state index in [1.54, 1.807) is 6.92 Å². The van der Waals surface area contributed by atoms with Crippen LogP contribution in [0.25, 0.3) is 0 Å². The smallest absolute Gasteiger partial charge is 0.233 e. The molecule has 2 atom stereocenters. The molecule has 0 spiro atoms. The summed E-state index contributed by atoms with van der Waals surface area (Å²) < 4.78 is 23.6. The SMILES string of the molecule is Cc1ccc(Nc2nnc(S[C@@H](C)C(=O)N[C@@H]3CCS(=O)(=O)C3)s2)cc1Cl. The largest absolute Gasteiger partial charge is 0.351 e. The highest BCUT2D eigenvalue weighted by Gasteiger charge is 2.30. The fourth-order valence-electron chi connectivity index (χ4n) is 2.53. The van der Waals surface area contributed by atoms with Crippen molar-refractivity contribution < 1.29 is 13.2 Å². The molecule has 2 heterocycles. The first-order valence-corrected chi connectivity index (χ1v) is 12.2. The van der Waals surface area contributed by atoms with Gasteiger partial charge in [-0.05, 0) is 38.0 Å². The average molecular weight is 447 g/mol.